The van der Waals surface area contributed by atoms with Gasteiger partial charge in [0.15, 0.2) is 0 Å². The summed E-state index contributed by atoms with van der Waals surface area (Å²) in [6.45, 7) is 2.37. The lowest BCUT2D eigenvalue weighted by molar-refractivity contribution is -0.131. The zero-order chi connectivity index (χ0) is 15.4. The second kappa shape index (κ2) is 6.71. The molecule has 7 nitrogen and oxygen atoms in total. The van der Waals surface area contributed by atoms with Crippen LogP contribution in [0.5, 0.6) is 0 Å². The van der Waals surface area contributed by atoms with E-state index in [0.717, 1.165) is 31.9 Å². The molecule has 0 bridgehead atoms. The molecule has 2 atom stereocenters. The topological polar surface area (TPSA) is 90.0 Å². The average Bonchev–Trinajstić information content (AvgIpc) is 2.45. The van der Waals surface area contributed by atoms with Gasteiger partial charge in [-0.05, 0) is 38.8 Å². The number of likely N-dealkylation sites (tertiary alicyclic amines) is 2. The van der Waals surface area contributed by atoms with Crippen molar-refractivity contribution in [1.82, 2.24) is 15.1 Å². The Kier molecular flexibility index (Phi) is 4.95. The van der Waals surface area contributed by atoms with Crippen LogP contribution in [0.15, 0.2) is 12.2 Å². The third kappa shape index (κ3) is 4.04. The van der Waals surface area contributed by atoms with Crippen LogP contribution in [0.1, 0.15) is 19.3 Å². The highest BCUT2D eigenvalue weighted by Crippen LogP contribution is 2.29. The molecule has 2 N–H and O–H groups in total. The number of carbonyl (C=O) groups is 3. The Balaban J connectivity index is 1.87. The van der Waals surface area contributed by atoms with E-state index >= 15 is 0 Å². The quantitative estimate of drug-likeness (QED) is 0.714. The monoisotopic (exact) mass is 295 g/mol. The Hall–Kier alpha value is -1.89. The molecule has 2 fully saturated rings. The molecule has 0 saturated carbocycles. The standard InChI is InChI=1S/C14H21N3O4/c1-16-7-2-3-10-9-17(8-6-11(10)16)14(21)15-12(18)4-5-13(19)20/h4-5,10-11H,2-3,6-9H2,1H3,(H,19,20)(H,15,18,21)/b5-4+. The number of hydrogen-bond acceptors (Lipinski definition) is 4. The highest BCUT2D eigenvalue weighted by atomic mass is 16.4. The van der Waals surface area contributed by atoms with Crippen molar-refractivity contribution in [2.75, 3.05) is 26.7 Å². The summed E-state index contributed by atoms with van der Waals surface area (Å²) in [5, 5.41) is 10.6. The smallest absolute Gasteiger partial charge is 0.328 e. The first-order chi connectivity index (χ1) is 9.97. The van der Waals surface area contributed by atoms with Gasteiger partial charge in [-0.1, -0.05) is 0 Å². The van der Waals surface area contributed by atoms with Crippen molar-refractivity contribution in [1.29, 1.82) is 0 Å². The largest absolute Gasteiger partial charge is 0.478 e. The van der Waals surface area contributed by atoms with Gasteiger partial charge in [0.1, 0.15) is 0 Å². The first kappa shape index (κ1) is 15.5. The van der Waals surface area contributed by atoms with Crippen LogP contribution in [0.25, 0.3) is 0 Å². The molecule has 0 aromatic rings. The van der Waals surface area contributed by atoms with Gasteiger partial charge < -0.3 is 14.9 Å². The van der Waals surface area contributed by atoms with Gasteiger partial charge in [0.2, 0.25) is 0 Å². The van der Waals surface area contributed by atoms with Crippen molar-refractivity contribution in [3.8, 4) is 0 Å². The number of amides is 3. The van der Waals surface area contributed by atoms with Crippen molar-refractivity contribution in [2.45, 2.75) is 25.3 Å². The number of carbonyl (C=O) groups excluding carboxylic acids is 2. The maximum Gasteiger partial charge on any atom is 0.328 e. The number of nitrogens with one attached hydrogen (secondary N) is 1. The van der Waals surface area contributed by atoms with E-state index in [4.69, 9.17) is 5.11 Å². The molecule has 2 aliphatic rings. The van der Waals surface area contributed by atoms with E-state index in [0.29, 0.717) is 31.1 Å². The van der Waals surface area contributed by atoms with Crippen LogP contribution in [0, 0.1) is 5.92 Å². The van der Waals surface area contributed by atoms with Gasteiger partial charge in [-0.25, -0.2) is 9.59 Å². The summed E-state index contributed by atoms with van der Waals surface area (Å²) in [5.74, 6) is -1.47. The summed E-state index contributed by atoms with van der Waals surface area (Å²) >= 11 is 0. The third-order valence-corrected chi connectivity index (χ3v) is 4.24. The normalized spacial score (nSPS) is 26.4. The van der Waals surface area contributed by atoms with Gasteiger partial charge in [0.05, 0.1) is 0 Å². The van der Waals surface area contributed by atoms with Gasteiger partial charge >= 0.3 is 12.0 Å². The number of rotatable bonds is 2. The van der Waals surface area contributed by atoms with E-state index in [1.807, 2.05) is 0 Å². The van der Waals surface area contributed by atoms with Gasteiger partial charge in [0, 0.05) is 31.3 Å². The Labute approximate surface area is 123 Å². The predicted octanol–water partition coefficient (Wildman–Crippen LogP) is 0.280. The van der Waals surface area contributed by atoms with Gasteiger partial charge in [-0.3, -0.25) is 10.1 Å². The highest BCUT2D eigenvalue weighted by Gasteiger charge is 2.35. The molecular formula is C14H21N3O4. The Bertz CT molecular complexity index is 463. The average molecular weight is 295 g/mol. The lowest BCUT2D eigenvalue weighted by Gasteiger charge is -2.45. The lowest BCUT2D eigenvalue weighted by Crippen LogP contribution is -2.56. The SMILES string of the molecule is CN1CCCC2CN(C(=O)NC(=O)/C=C/C(=O)O)CCC21. The fourth-order valence-corrected chi connectivity index (χ4v) is 3.21. The maximum atomic E-state index is 12.0. The van der Waals surface area contributed by atoms with Crippen LogP contribution < -0.4 is 5.32 Å². The van der Waals surface area contributed by atoms with E-state index in [-0.39, 0.29) is 0 Å². The molecule has 0 aromatic heterocycles. The number of hydrogen-bond donors (Lipinski definition) is 2. The number of nitrogens with zero attached hydrogens (tertiary/aromatic N) is 2. The first-order valence-electron chi connectivity index (χ1n) is 7.18. The molecule has 116 valence electrons. The van der Waals surface area contributed by atoms with Gasteiger partial charge in [0.25, 0.3) is 5.91 Å². The minimum atomic E-state index is -1.22. The molecule has 2 saturated heterocycles. The van der Waals surface area contributed by atoms with Crippen molar-refractivity contribution >= 4 is 17.9 Å². The maximum absolute atomic E-state index is 12.0. The van der Waals surface area contributed by atoms with E-state index in [1.165, 1.54) is 0 Å². The Morgan fingerprint density at radius 2 is 1.95 bits per heavy atom. The lowest BCUT2D eigenvalue weighted by atomic mass is 9.84. The minimum Gasteiger partial charge on any atom is -0.478 e. The van der Waals surface area contributed by atoms with E-state index in [2.05, 4.69) is 17.3 Å². The van der Waals surface area contributed by atoms with Crippen LogP contribution >= 0.6 is 0 Å². The number of carboxylic acids is 1. The Morgan fingerprint density at radius 1 is 1.19 bits per heavy atom. The summed E-state index contributed by atoms with van der Waals surface area (Å²) in [7, 11) is 2.12. The van der Waals surface area contributed by atoms with Gasteiger partial charge in [-0.15, -0.1) is 0 Å². The molecule has 0 spiro atoms. The highest BCUT2D eigenvalue weighted by molar-refractivity contribution is 6.02. The van der Waals surface area contributed by atoms with Crippen molar-refractivity contribution in [2.24, 2.45) is 5.92 Å². The van der Waals surface area contributed by atoms with E-state index in [1.54, 1.807) is 4.90 Å². The number of fused-ring (bicyclic) bond motifs is 1. The first-order valence-corrected chi connectivity index (χ1v) is 7.18. The number of urea groups is 1. The molecule has 21 heavy (non-hydrogen) atoms. The van der Waals surface area contributed by atoms with Crippen LogP contribution in [-0.2, 0) is 9.59 Å². The number of carboxylic acid groups (broad SMARTS) is 1. The van der Waals surface area contributed by atoms with Crippen molar-refractivity contribution in [3.05, 3.63) is 12.2 Å². The molecule has 0 radical (unpaired) electrons. The summed E-state index contributed by atoms with van der Waals surface area (Å²) in [6, 6.07) is 0.0760. The number of aliphatic carboxylic acids is 1. The fraction of sp³-hybridized carbons (Fsp3) is 0.643. The number of imide groups is 1. The van der Waals surface area contributed by atoms with Crippen LogP contribution in [-0.4, -0.2) is 65.5 Å². The van der Waals surface area contributed by atoms with Gasteiger partial charge in [-0.2, -0.15) is 0 Å². The molecule has 2 rings (SSSR count). The molecular weight excluding hydrogens is 274 g/mol. The van der Waals surface area contributed by atoms with Crippen molar-refractivity contribution in [3.63, 3.8) is 0 Å². The second-order valence-corrected chi connectivity index (χ2v) is 5.65. The van der Waals surface area contributed by atoms with Crippen LogP contribution in [0.2, 0.25) is 0 Å². The summed E-state index contributed by atoms with van der Waals surface area (Å²) in [5.41, 5.74) is 0. The van der Waals surface area contributed by atoms with Crippen LogP contribution in [0.3, 0.4) is 0 Å². The molecule has 2 aliphatic heterocycles. The number of piperidine rings is 2. The molecule has 7 heteroatoms. The third-order valence-electron chi connectivity index (χ3n) is 4.24. The molecule has 3 amide bonds. The molecule has 2 unspecified atom stereocenters. The van der Waals surface area contributed by atoms with Crippen LogP contribution in [0.4, 0.5) is 4.79 Å². The molecule has 0 aromatic carbocycles. The summed E-state index contributed by atoms with van der Waals surface area (Å²) in [4.78, 5) is 37.7. The molecule has 2 heterocycles. The molecule has 0 aliphatic carbocycles. The Morgan fingerprint density at radius 3 is 2.67 bits per heavy atom. The zero-order valence-corrected chi connectivity index (χ0v) is 12.1. The van der Waals surface area contributed by atoms with Crippen molar-refractivity contribution < 1.29 is 19.5 Å². The summed E-state index contributed by atoms with van der Waals surface area (Å²) < 4.78 is 0. The fourth-order valence-electron chi connectivity index (χ4n) is 3.21. The minimum absolute atomic E-state index is 0.443. The van der Waals surface area contributed by atoms with E-state index < -0.39 is 17.9 Å². The zero-order valence-electron chi connectivity index (χ0n) is 12.1. The summed E-state index contributed by atoms with van der Waals surface area (Å²) in [6.07, 6.45) is 4.71. The van der Waals surface area contributed by atoms with E-state index in [9.17, 15) is 14.4 Å². The predicted molar refractivity (Wildman–Crippen MR) is 75.6 cm³/mol. The second-order valence-electron chi connectivity index (χ2n) is 5.65.